The maximum Gasteiger partial charge on any atom is 0.238 e. The van der Waals surface area contributed by atoms with E-state index in [0.717, 1.165) is 12.1 Å². The molecule has 1 fully saturated rings. The van der Waals surface area contributed by atoms with Crippen LogP contribution in [0.5, 0.6) is 0 Å². The molecule has 1 aliphatic heterocycles. The molecule has 0 radical (unpaired) electrons. The number of hydrogen-bond acceptors (Lipinski definition) is 3. The van der Waals surface area contributed by atoms with Crippen molar-refractivity contribution in [3.63, 3.8) is 0 Å². The van der Waals surface area contributed by atoms with Crippen LogP contribution in [-0.2, 0) is 4.79 Å². The van der Waals surface area contributed by atoms with Gasteiger partial charge in [-0.15, -0.1) is 12.4 Å². The SMILES string of the molecule is Cc1ccc(NC(=O)CN2C[C@@H](N)[C@H](c3ccccc3)C2)c(Cl)c1.Cl. The van der Waals surface area contributed by atoms with Crippen molar-refractivity contribution in [1.82, 2.24) is 4.90 Å². The lowest BCUT2D eigenvalue weighted by atomic mass is 9.95. The molecule has 25 heavy (non-hydrogen) atoms. The zero-order chi connectivity index (χ0) is 17.1. The van der Waals surface area contributed by atoms with Gasteiger partial charge in [-0.2, -0.15) is 0 Å². The van der Waals surface area contributed by atoms with Crippen molar-refractivity contribution in [3.05, 3.63) is 64.7 Å². The average molecular weight is 380 g/mol. The van der Waals surface area contributed by atoms with Crippen LogP contribution in [0.1, 0.15) is 17.0 Å². The van der Waals surface area contributed by atoms with Crippen molar-refractivity contribution < 1.29 is 4.79 Å². The predicted octanol–water partition coefficient (Wildman–Crippen LogP) is 3.44. The lowest BCUT2D eigenvalue weighted by Crippen LogP contribution is -2.33. The van der Waals surface area contributed by atoms with Gasteiger partial charge in [-0.3, -0.25) is 9.69 Å². The largest absolute Gasteiger partial charge is 0.326 e. The normalized spacial score (nSPS) is 20.1. The molecule has 0 aliphatic carbocycles. The number of halogens is 2. The molecule has 4 nitrogen and oxygen atoms in total. The molecule has 2 atom stereocenters. The maximum absolute atomic E-state index is 12.3. The summed E-state index contributed by atoms with van der Waals surface area (Å²) in [6, 6.07) is 15.9. The molecule has 2 aromatic rings. The number of amides is 1. The summed E-state index contributed by atoms with van der Waals surface area (Å²) in [6.45, 7) is 3.79. The average Bonchev–Trinajstić information content (AvgIpc) is 2.91. The summed E-state index contributed by atoms with van der Waals surface area (Å²) in [7, 11) is 0. The van der Waals surface area contributed by atoms with Gasteiger partial charge in [0.2, 0.25) is 5.91 Å². The third kappa shape index (κ3) is 4.95. The lowest BCUT2D eigenvalue weighted by molar-refractivity contribution is -0.117. The molecule has 1 saturated heterocycles. The van der Waals surface area contributed by atoms with E-state index >= 15 is 0 Å². The van der Waals surface area contributed by atoms with E-state index in [1.54, 1.807) is 0 Å². The number of carbonyl (C=O) groups excluding carboxylic acids is 1. The molecule has 0 aromatic heterocycles. The minimum Gasteiger partial charge on any atom is -0.326 e. The molecule has 0 unspecified atom stereocenters. The van der Waals surface area contributed by atoms with E-state index in [4.69, 9.17) is 17.3 Å². The smallest absolute Gasteiger partial charge is 0.238 e. The summed E-state index contributed by atoms with van der Waals surface area (Å²) >= 11 is 6.17. The van der Waals surface area contributed by atoms with E-state index in [9.17, 15) is 4.79 Å². The van der Waals surface area contributed by atoms with Crippen LogP contribution in [0.15, 0.2) is 48.5 Å². The molecule has 1 aliphatic rings. The van der Waals surface area contributed by atoms with E-state index in [2.05, 4.69) is 22.3 Å². The Kier molecular flexibility index (Phi) is 6.85. The number of nitrogens with one attached hydrogen (secondary N) is 1. The van der Waals surface area contributed by atoms with Crippen LogP contribution in [0.4, 0.5) is 5.69 Å². The summed E-state index contributed by atoms with van der Waals surface area (Å²) in [5.41, 5.74) is 9.22. The van der Waals surface area contributed by atoms with E-state index in [-0.39, 0.29) is 30.3 Å². The van der Waals surface area contributed by atoms with Crippen molar-refractivity contribution in [2.24, 2.45) is 5.73 Å². The minimum absolute atomic E-state index is 0. The van der Waals surface area contributed by atoms with Crippen LogP contribution >= 0.6 is 24.0 Å². The number of nitrogens with zero attached hydrogens (tertiary/aromatic N) is 1. The fourth-order valence-electron chi connectivity index (χ4n) is 3.21. The molecule has 0 saturated carbocycles. The van der Waals surface area contributed by atoms with Crippen molar-refractivity contribution >= 4 is 35.6 Å². The minimum atomic E-state index is -0.0679. The van der Waals surface area contributed by atoms with E-state index < -0.39 is 0 Å². The highest BCUT2D eigenvalue weighted by atomic mass is 35.5. The molecular formula is C19H23Cl2N3O. The Hall–Kier alpha value is -1.59. The first-order valence-corrected chi connectivity index (χ1v) is 8.49. The summed E-state index contributed by atoms with van der Waals surface area (Å²) in [5, 5.41) is 3.44. The van der Waals surface area contributed by atoms with Gasteiger partial charge in [0.05, 0.1) is 17.3 Å². The quantitative estimate of drug-likeness (QED) is 0.855. The Morgan fingerprint density at radius 1 is 1.24 bits per heavy atom. The Balaban J connectivity index is 0.00000225. The molecule has 1 heterocycles. The highest BCUT2D eigenvalue weighted by molar-refractivity contribution is 6.33. The molecular weight excluding hydrogens is 357 g/mol. The highest BCUT2D eigenvalue weighted by Gasteiger charge is 2.32. The number of likely N-dealkylation sites (tertiary alicyclic amines) is 1. The van der Waals surface area contributed by atoms with Gasteiger partial charge >= 0.3 is 0 Å². The predicted molar refractivity (Wildman–Crippen MR) is 106 cm³/mol. The van der Waals surface area contributed by atoms with Gasteiger partial charge in [-0.25, -0.2) is 0 Å². The van der Waals surface area contributed by atoms with Crippen molar-refractivity contribution in [1.29, 1.82) is 0 Å². The van der Waals surface area contributed by atoms with Gasteiger partial charge in [0.1, 0.15) is 0 Å². The van der Waals surface area contributed by atoms with Gasteiger partial charge in [0, 0.05) is 25.0 Å². The standard InChI is InChI=1S/C19H22ClN3O.ClH/c1-13-7-8-18(16(20)9-13)22-19(24)12-23-10-15(17(21)11-23)14-5-3-2-4-6-14;/h2-9,15,17H,10-12,21H2,1H3,(H,22,24);1H/t15-,17+;/m0./s1. The summed E-state index contributed by atoms with van der Waals surface area (Å²) in [4.78, 5) is 14.4. The zero-order valence-corrected chi connectivity index (χ0v) is 15.7. The number of nitrogens with two attached hydrogens (primary N) is 1. The maximum atomic E-state index is 12.3. The molecule has 3 rings (SSSR count). The first kappa shape index (κ1) is 19.7. The number of rotatable bonds is 4. The number of anilines is 1. The van der Waals surface area contributed by atoms with Crippen LogP contribution in [0.25, 0.3) is 0 Å². The van der Waals surface area contributed by atoms with Crippen molar-refractivity contribution in [2.75, 3.05) is 25.0 Å². The molecule has 1 amide bonds. The fourth-order valence-corrected chi connectivity index (χ4v) is 3.49. The fraction of sp³-hybridized carbons (Fsp3) is 0.316. The first-order valence-electron chi connectivity index (χ1n) is 8.12. The third-order valence-corrected chi connectivity index (χ3v) is 4.75. The number of hydrogen-bond donors (Lipinski definition) is 2. The Labute approximate surface area is 159 Å². The summed E-state index contributed by atoms with van der Waals surface area (Å²) in [5.74, 6) is 0.198. The van der Waals surface area contributed by atoms with Crippen LogP contribution in [0.2, 0.25) is 5.02 Å². The van der Waals surface area contributed by atoms with E-state index in [0.29, 0.717) is 23.8 Å². The molecule has 0 spiro atoms. The Morgan fingerprint density at radius 3 is 2.64 bits per heavy atom. The zero-order valence-electron chi connectivity index (χ0n) is 14.1. The van der Waals surface area contributed by atoms with Crippen LogP contribution in [0.3, 0.4) is 0 Å². The summed E-state index contributed by atoms with van der Waals surface area (Å²) in [6.07, 6.45) is 0. The molecule has 0 bridgehead atoms. The van der Waals surface area contributed by atoms with Crippen LogP contribution < -0.4 is 11.1 Å². The number of aryl methyl sites for hydroxylation is 1. The monoisotopic (exact) mass is 379 g/mol. The Morgan fingerprint density at radius 2 is 1.96 bits per heavy atom. The van der Waals surface area contributed by atoms with E-state index in [1.165, 1.54) is 5.56 Å². The van der Waals surface area contributed by atoms with Gasteiger partial charge in [0.15, 0.2) is 0 Å². The van der Waals surface area contributed by atoms with Gasteiger partial charge in [-0.1, -0.05) is 48.0 Å². The third-order valence-electron chi connectivity index (χ3n) is 4.43. The van der Waals surface area contributed by atoms with Crippen LogP contribution in [0, 0.1) is 6.92 Å². The van der Waals surface area contributed by atoms with E-state index in [1.807, 2.05) is 43.3 Å². The van der Waals surface area contributed by atoms with Gasteiger partial charge in [0.25, 0.3) is 0 Å². The highest BCUT2D eigenvalue weighted by Crippen LogP contribution is 2.26. The van der Waals surface area contributed by atoms with Crippen molar-refractivity contribution in [2.45, 2.75) is 18.9 Å². The second-order valence-corrected chi connectivity index (χ2v) is 6.81. The second-order valence-electron chi connectivity index (χ2n) is 6.41. The summed E-state index contributed by atoms with van der Waals surface area (Å²) < 4.78 is 0. The van der Waals surface area contributed by atoms with Crippen molar-refractivity contribution in [3.8, 4) is 0 Å². The lowest BCUT2D eigenvalue weighted by Gasteiger charge is -2.16. The molecule has 134 valence electrons. The molecule has 3 N–H and O–H groups in total. The molecule has 6 heteroatoms. The van der Waals surface area contributed by atoms with Gasteiger partial charge in [-0.05, 0) is 30.2 Å². The molecule has 2 aromatic carbocycles. The number of benzene rings is 2. The first-order chi connectivity index (χ1) is 11.5. The number of carbonyl (C=O) groups is 1. The van der Waals surface area contributed by atoms with Crippen LogP contribution in [-0.4, -0.2) is 36.5 Å². The van der Waals surface area contributed by atoms with Gasteiger partial charge < -0.3 is 11.1 Å². The topological polar surface area (TPSA) is 58.4 Å². The Bertz CT molecular complexity index is 724. The second kappa shape index (κ2) is 8.68.